The molecule has 0 radical (unpaired) electrons. The van der Waals surface area contributed by atoms with E-state index in [-0.39, 0.29) is 38.6 Å². The minimum atomic E-state index is -4.40. The number of nitrogens with two attached hydrogens (primary N) is 1. The van der Waals surface area contributed by atoms with Gasteiger partial charge in [-0.15, -0.1) is 0 Å². The molecule has 0 fully saturated rings. The summed E-state index contributed by atoms with van der Waals surface area (Å²) in [7, 11) is -4.40. The largest absolute Gasteiger partial charge is 0.472 e. The van der Waals surface area contributed by atoms with Gasteiger partial charge in [0.15, 0.2) is 6.10 Å². The molecule has 0 spiro atoms. The Morgan fingerprint density at radius 3 is 1.01 bits per heavy atom. The van der Waals surface area contributed by atoms with Crippen molar-refractivity contribution in [1.29, 1.82) is 0 Å². The van der Waals surface area contributed by atoms with Gasteiger partial charge in [0.25, 0.3) is 0 Å². The smallest absolute Gasteiger partial charge is 0.462 e. The molecular formula is C71H126NO8P. The standard InChI is InChI=1S/C71H126NO8P/c1-3-5-7-9-11-13-15-17-19-21-23-25-27-29-30-31-32-33-34-35-36-37-38-40-42-44-46-48-50-52-54-56-58-60-62-64-71(74)80-69(68-79-81(75,76)78-66-65-72)67-77-70(73)63-61-59-57-55-53-51-49-47-45-43-41-39-28-26-24-22-20-18-16-14-12-10-8-6-4-2/h5,7,11,13,16-19,22-25,29-30,32-33,69H,3-4,6,8-10,12,14-15,20-21,26-28,31,34-68,72H2,1-2H3,(H,75,76)/b7-5-,13-11-,18-16-,19-17-,24-22-,25-23-,30-29-,33-32-. The molecule has 0 saturated carbocycles. The van der Waals surface area contributed by atoms with E-state index in [0.29, 0.717) is 6.42 Å². The Morgan fingerprint density at radius 2 is 0.679 bits per heavy atom. The lowest BCUT2D eigenvalue weighted by Gasteiger charge is -2.19. The summed E-state index contributed by atoms with van der Waals surface area (Å²) in [6.07, 6.45) is 89.1. The summed E-state index contributed by atoms with van der Waals surface area (Å²) in [5, 5.41) is 0. The number of phosphoric acid groups is 1. The van der Waals surface area contributed by atoms with Crippen molar-refractivity contribution in [3.05, 3.63) is 97.2 Å². The first-order valence-electron chi connectivity index (χ1n) is 33.7. The molecule has 0 aromatic heterocycles. The van der Waals surface area contributed by atoms with Crippen molar-refractivity contribution >= 4 is 19.8 Å². The van der Waals surface area contributed by atoms with E-state index >= 15 is 0 Å². The summed E-state index contributed by atoms with van der Waals surface area (Å²) in [6.45, 7) is 3.65. The van der Waals surface area contributed by atoms with Crippen LogP contribution in [0.4, 0.5) is 0 Å². The maximum Gasteiger partial charge on any atom is 0.472 e. The average Bonchev–Trinajstić information content (AvgIpc) is 3.46. The SMILES string of the molecule is CC/C=C\C/C=C\C/C=C\C/C=C\C/C=C\C/C=C\CCCCCCCCCCCCCCCCCCC(=O)OC(COC(=O)CCCCCCCCCCCCCCC/C=C\C/C=C\CCCCCCC)COP(=O)(O)OCCN. The van der Waals surface area contributed by atoms with Crippen molar-refractivity contribution in [2.75, 3.05) is 26.4 Å². The van der Waals surface area contributed by atoms with Crippen molar-refractivity contribution in [3.63, 3.8) is 0 Å². The van der Waals surface area contributed by atoms with Crippen molar-refractivity contribution in [3.8, 4) is 0 Å². The van der Waals surface area contributed by atoms with Crippen LogP contribution in [0.25, 0.3) is 0 Å². The molecule has 0 heterocycles. The van der Waals surface area contributed by atoms with Crippen molar-refractivity contribution in [2.45, 2.75) is 315 Å². The van der Waals surface area contributed by atoms with Crippen molar-refractivity contribution < 1.29 is 37.6 Å². The molecule has 3 N–H and O–H groups in total. The van der Waals surface area contributed by atoms with Gasteiger partial charge in [0.2, 0.25) is 0 Å². The Bertz CT molecular complexity index is 1650. The van der Waals surface area contributed by atoms with E-state index in [1.54, 1.807) is 0 Å². The van der Waals surface area contributed by atoms with Crippen LogP contribution in [-0.4, -0.2) is 49.3 Å². The third kappa shape index (κ3) is 65.9. The summed E-state index contributed by atoms with van der Waals surface area (Å²) in [4.78, 5) is 35.3. The highest BCUT2D eigenvalue weighted by Crippen LogP contribution is 2.43. The lowest BCUT2D eigenvalue weighted by Crippen LogP contribution is -2.29. The predicted octanol–water partition coefficient (Wildman–Crippen LogP) is 22.0. The molecule has 81 heavy (non-hydrogen) atoms. The Morgan fingerprint density at radius 1 is 0.383 bits per heavy atom. The molecule has 0 aromatic rings. The van der Waals surface area contributed by atoms with Gasteiger partial charge < -0.3 is 20.1 Å². The Kier molecular flexibility index (Phi) is 63.6. The summed E-state index contributed by atoms with van der Waals surface area (Å²) in [6, 6.07) is 0. The van der Waals surface area contributed by atoms with Crippen LogP contribution in [-0.2, 0) is 32.7 Å². The molecule has 0 aliphatic heterocycles. The number of ether oxygens (including phenoxy) is 2. The number of carbonyl (C=O) groups is 2. The monoisotopic (exact) mass is 1150 g/mol. The van der Waals surface area contributed by atoms with Crippen LogP contribution in [0.15, 0.2) is 97.2 Å². The van der Waals surface area contributed by atoms with Gasteiger partial charge in [-0.3, -0.25) is 18.6 Å². The molecular weight excluding hydrogens is 1030 g/mol. The zero-order valence-corrected chi connectivity index (χ0v) is 53.4. The summed E-state index contributed by atoms with van der Waals surface area (Å²) < 4.78 is 33.2. The molecule has 0 aliphatic carbocycles. The van der Waals surface area contributed by atoms with E-state index in [9.17, 15) is 19.0 Å². The number of hydrogen-bond donors (Lipinski definition) is 2. The van der Waals surface area contributed by atoms with E-state index in [0.717, 1.165) is 83.5 Å². The zero-order chi connectivity index (χ0) is 58.7. The quantitative estimate of drug-likeness (QED) is 0.0264. The molecule has 2 unspecified atom stereocenters. The molecule has 0 aliphatic rings. The predicted molar refractivity (Wildman–Crippen MR) is 348 cm³/mol. The first-order chi connectivity index (χ1) is 39.8. The van der Waals surface area contributed by atoms with Crippen LogP contribution in [0.5, 0.6) is 0 Å². The highest BCUT2D eigenvalue weighted by Gasteiger charge is 2.26. The van der Waals surface area contributed by atoms with Gasteiger partial charge in [-0.25, -0.2) is 4.57 Å². The van der Waals surface area contributed by atoms with Crippen LogP contribution < -0.4 is 5.73 Å². The minimum absolute atomic E-state index is 0.0514. The zero-order valence-electron chi connectivity index (χ0n) is 52.5. The molecule has 0 amide bonds. The summed E-state index contributed by atoms with van der Waals surface area (Å²) in [5.41, 5.74) is 5.40. The van der Waals surface area contributed by atoms with Crippen LogP contribution in [0.3, 0.4) is 0 Å². The lowest BCUT2D eigenvalue weighted by atomic mass is 10.0. The fourth-order valence-corrected chi connectivity index (χ4v) is 10.3. The number of carbonyl (C=O) groups excluding carboxylic acids is 2. The van der Waals surface area contributed by atoms with E-state index in [1.165, 1.54) is 193 Å². The molecule has 0 aromatic carbocycles. The molecule has 2 atom stereocenters. The third-order valence-corrected chi connectivity index (χ3v) is 15.4. The minimum Gasteiger partial charge on any atom is -0.462 e. The molecule has 0 saturated heterocycles. The highest BCUT2D eigenvalue weighted by atomic mass is 31.2. The normalized spacial score (nSPS) is 13.6. The van der Waals surface area contributed by atoms with Crippen LogP contribution >= 0.6 is 7.82 Å². The van der Waals surface area contributed by atoms with Gasteiger partial charge in [-0.2, -0.15) is 0 Å². The molecule has 468 valence electrons. The fraction of sp³-hybridized carbons (Fsp3) is 0.746. The second-order valence-electron chi connectivity index (χ2n) is 22.3. The number of phosphoric ester groups is 1. The van der Waals surface area contributed by atoms with E-state index < -0.39 is 26.5 Å². The van der Waals surface area contributed by atoms with Crippen LogP contribution in [0.2, 0.25) is 0 Å². The van der Waals surface area contributed by atoms with Gasteiger partial charge in [0.05, 0.1) is 13.2 Å². The van der Waals surface area contributed by atoms with Crippen LogP contribution in [0, 0.1) is 0 Å². The Hall–Kier alpha value is -3.07. The summed E-state index contributed by atoms with van der Waals surface area (Å²) >= 11 is 0. The molecule has 9 nitrogen and oxygen atoms in total. The first kappa shape index (κ1) is 77.9. The number of esters is 2. The van der Waals surface area contributed by atoms with Gasteiger partial charge in [0.1, 0.15) is 6.61 Å². The average molecular weight is 1150 g/mol. The van der Waals surface area contributed by atoms with Gasteiger partial charge in [-0.05, 0) is 96.3 Å². The number of unbranched alkanes of at least 4 members (excludes halogenated alkanes) is 34. The Labute approximate surface area is 499 Å². The lowest BCUT2D eigenvalue weighted by molar-refractivity contribution is -0.161. The van der Waals surface area contributed by atoms with Crippen molar-refractivity contribution in [1.82, 2.24) is 0 Å². The first-order valence-corrected chi connectivity index (χ1v) is 35.2. The second kappa shape index (κ2) is 66.1. The number of allylic oxidation sites excluding steroid dienone is 16. The summed E-state index contributed by atoms with van der Waals surface area (Å²) in [5.74, 6) is -0.820. The molecule has 10 heteroatoms. The van der Waals surface area contributed by atoms with Gasteiger partial charge in [-0.1, -0.05) is 297 Å². The molecule has 0 bridgehead atoms. The Balaban J connectivity index is 3.89. The maximum atomic E-state index is 12.8. The van der Waals surface area contributed by atoms with E-state index in [1.807, 2.05) is 0 Å². The molecule has 0 rings (SSSR count). The van der Waals surface area contributed by atoms with Crippen LogP contribution in [0.1, 0.15) is 309 Å². The topological polar surface area (TPSA) is 134 Å². The maximum absolute atomic E-state index is 12.8. The second-order valence-corrected chi connectivity index (χ2v) is 23.8. The van der Waals surface area contributed by atoms with E-state index in [2.05, 4.69) is 111 Å². The highest BCUT2D eigenvalue weighted by molar-refractivity contribution is 7.47. The van der Waals surface area contributed by atoms with E-state index in [4.69, 9.17) is 24.3 Å². The number of rotatable bonds is 63. The third-order valence-electron chi connectivity index (χ3n) is 14.5. The van der Waals surface area contributed by atoms with Gasteiger partial charge in [0, 0.05) is 19.4 Å². The van der Waals surface area contributed by atoms with Crippen molar-refractivity contribution in [2.24, 2.45) is 5.73 Å². The fourth-order valence-electron chi connectivity index (χ4n) is 9.50. The number of hydrogen-bond acceptors (Lipinski definition) is 8. The van der Waals surface area contributed by atoms with Gasteiger partial charge >= 0.3 is 19.8 Å².